The molecular formula is C23H20N2O. The van der Waals surface area contributed by atoms with E-state index >= 15 is 0 Å². The Balaban J connectivity index is 1.63. The monoisotopic (exact) mass is 340 g/mol. The van der Waals surface area contributed by atoms with Crippen LogP contribution in [0.5, 0.6) is 5.75 Å². The molecule has 2 aliphatic heterocycles. The lowest BCUT2D eigenvalue weighted by atomic mass is 9.95. The quantitative estimate of drug-likeness (QED) is 0.637. The molecule has 0 spiro atoms. The molecule has 0 bridgehead atoms. The third-order valence-corrected chi connectivity index (χ3v) is 5.26. The number of nitrogens with zero attached hydrogens (tertiary/aromatic N) is 2. The normalized spacial score (nSPS) is 20.8. The van der Waals surface area contributed by atoms with Gasteiger partial charge in [0.15, 0.2) is 0 Å². The van der Waals surface area contributed by atoms with Crippen molar-refractivity contribution in [3.8, 4) is 5.75 Å². The van der Waals surface area contributed by atoms with E-state index in [1.807, 2.05) is 12.1 Å². The molecular weight excluding hydrogens is 320 g/mol. The van der Waals surface area contributed by atoms with Gasteiger partial charge >= 0.3 is 0 Å². The number of rotatable bonds is 2. The minimum atomic E-state index is -0.197. The Morgan fingerprint density at radius 1 is 0.846 bits per heavy atom. The first-order chi connectivity index (χ1) is 12.8. The highest BCUT2D eigenvalue weighted by Crippen LogP contribution is 2.47. The molecule has 0 radical (unpaired) electrons. The van der Waals surface area contributed by atoms with Gasteiger partial charge in [-0.15, -0.1) is 0 Å². The summed E-state index contributed by atoms with van der Waals surface area (Å²) in [5.74, 6) is 0.964. The maximum Gasteiger partial charge on any atom is 0.214 e. The zero-order chi connectivity index (χ0) is 17.5. The van der Waals surface area contributed by atoms with E-state index in [1.54, 1.807) is 0 Å². The number of hydrogen-bond donors (Lipinski definition) is 0. The first-order valence-electron chi connectivity index (χ1n) is 9.03. The zero-order valence-electron chi connectivity index (χ0n) is 14.7. The van der Waals surface area contributed by atoms with Gasteiger partial charge in [0.1, 0.15) is 5.75 Å². The van der Waals surface area contributed by atoms with Crippen LogP contribution in [0.4, 0.5) is 0 Å². The van der Waals surface area contributed by atoms with Crippen molar-refractivity contribution >= 4 is 5.71 Å². The van der Waals surface area contributed by atoms with Crippen molar-refractivity contribution in [2.75, 3.05) is 0 Å². The molecule has 0 N–H and O–H groups in total. The van der Waals surface area contributed by atoms with Gasteiger partial charge < -0.3 is 4.74 Å². The van der Waals surface area contributed by atoms with Crippen LogP contribution < -0.4 is 4.74 Å². The van der Waals surface area contributed by atoms with Gasteiger partial charge in [0, 0.05) is 17.5 Å². The standard InChI is InChI=1S/C23H20N2O/c1-16-9-5-6-12-18(16)23-25-21(19-13-7-8-14-22(19)26-23)15-20(24-25)17-10-3-2-4-11-17/h2-14,21,23H,15H2,1H3/t21-,23-/m1/s1. The van der Waals surface area contributed by atoms with Crippen LogP contribution >= 0.6 is 0 Å². The van der Waals surface area contributed by atoms with Crippen LogP contribution in [0, 0.1) is 6.92 Å². The first kappa shape index (κ1) is 15.2. The summed E-state index contributed by atoms with van der Waals surface area (Å²) in [5.41, 5.74) is 5.91. The third kappa shape index (κ3) is 2.39. The molecule has 3 heteroatoms. The molecule has 0 fully saturated rings. The van der Waals surface area contributed by atoms with Crippen molar-refractivity contribution in [3.05, 3.63) is 101 Å². The van der Waals surface area contributed by atoms with Crippen molar-refractivity contribution in [1.82, 2.24) is 5.01 Å². The van der Waals surface area contributed by atoms with Crippen LogP contribution in [0.25, 0.3) is 0 Å². The van der Waals surface area contributed by atoms with Gasteiger partial charge in [-0.25, -0.2) is 5.01 Å². The van der Waals surface area contributed by atoms with Gasteiger partial charge in [-0.2, -0.15) is 5.10 Å². The molecule has 2 heterocycles. The average Bonchev–Trinajstić information content (AvgIpc) is 3.14. The van der Waals surface area contributed by atoms with E-state index in [-0.39, 0.29) is 12.3 Å². The summed E-state index contributed by atoms with van der Waals surface area (Å²) in [7, 11) is 0. The van der Waals surface area contributed by atoms with E-state index in [2.05, 4.69) is 78.7 Å². The topological polar surface area (TPSA) is 24.8 Å². The predicted molar refractivity (Wildman–Crippen MR) is 103 cm³/mol. The Morgan fingerprint density at radius 2 is 1.54 bits per heavy atom. The number of benzene rings is 3. The maximum absolute atomic E-state index is 6.42. The number of fused-ring (bicyclic) bond motifs is 3. The summed E-state index contributed by atoms with van der Waals surface area (Å²) >= 11 is 0. The van der Waals surface area contributed by atoms with Crippen LogP contribution in [-0.2, 0) is 0 Å². The van der Waals surface area contributed by atoms with Crippen LogP contribution in [-0.4, -0.2) is 10.7 Å². The van der Waals surface area contributed by atoms with Gasteiger partial charge in [0.25, 0.3) is 0 Å². The summed E-state index contributed by atoms with van der Waals surface area (Å²) in [6.07, 6.45) is 0.699. The van der Waals surface area contributed by atoms with E-state index < -0.39 is 0 Å². The average molecular weight is 340 g/mol. The molecule has 3 nitrogen and oxygen atoms in total. The molecule has 0 saturated heterocycles. The third-order valence-electron chi connectivity index (χ3n) is 5.26. The Kier molecular flexibility index (Phi) is 3.52. The number of hydrazone groups is 1. The summed E-state index contributed by atoms with van der Waals surface area (Å²) in [4.78, 5) is 0. The highest BCUT2D eigenvalue weighted by molar-refractivity contribution is 6.01. The number of ether oxygens (including phenoxy) is 1. The Labute approximate surface area is 153 Å². The van der Waals surface area contributed by atoms with Crippen LogP contribution in [0.2, 0.25) is 0 Å². The van der Waals surface area contributed by atoms with Crippen LogP contribution in [0.3, 0.4) is 0 Å². The van der Waals surface area contributed by atoms with E-state index in [1.165, 1.54) is 22.3 Å². The Morgan fingerprint density at radius 3 is 2.35 bits per heavy atom. The molecule has 2 atom stereocenters. The summed E-state index contributed by atoms with van der Waals surface area (Å²) in [5, 5.41) is 7.15. The second-order valence-electron chi connectivity index (χ2n) is 6.88. The van der Waals surface area contributed by atoms with E-state index in [4.69, 9.17) is 9.84 Å². The summed E-state index contributed by atoms with van der Waals surface area (Å²) in [6, 6.07) is 27.4. The minimum absolute atomic E-state index is 0.197. The Bertz CT molecular complexity index is 980. The van der Waals surface area contributed by atoms with Crippen molar-refractivity contribution < 1.29 is 4.74 Å². The first-order valence-corrected chi connectivity index (χ1v) is 9.03. The van der Waals surface area contributed by atoms with Gasteiger partial charge in [-0.3, -0.25) is 0 Å². The number of para-hydroxylation sites is 1. The molecule has 5 rings (SSSR count). The largest absolute Gasteiger partial charge is 0.464 e. The fourth-order valence-electron chi connectivity index (χ4n) is 3.91. The molecule has 3 aromatic rings. The lowest BCUT2D eigenvalue weighted by molar-refractivity contribution is -0.0194. The van der Waals surface area contributed by atoms with E-state index in [0.717, 1.165) is 17.9 Å². The molecule has 0 saturated carbocycles. The Hall–Kier alpha value is -3.07. The zero-order valence-corrected chi connectivity index (χ0v) is 14.7. The number of hydrogen-bond acceptors (Lipinski definition) is 3. The molecule has 0 aliphatic carbocycles. The molecule has 0 aromatic heterocycles. The van der Waals surface area contributed by atoms with Crippen LogP contribution in [0.1, 0.15) is 40.9 Å². The molecule has 0 amide bonds. The molecule has 2 aliphatic rings. The van der Waals surface area contributed by atoms with E-state index in [9.17, 15) is 0 Å². The van der Waals surface area contributed by atoms with E-state index in [0.29, 0.717) is 0 Å². The second-order valence-corrected chi connectivity index (χ2v) is 6.88. The van der Waals surface area contributed by atoms with Crippen molar-refractivity contribution in [1.29, 1.82) is 0 Å². The van der Waals surface area contributed by atoms with Gasteiger partial charge in [0.05, 0.1) is 11.8 Å². The lowest BCUT2D eigenvalue weighted by Crippen LogP contribution is -2.34. The second kappa shape index (κ2) is 6.03. The van der Waals surface area contributed by atoms with Crippen molar-refractivity contribution in [2.45, 2.75) is 25.6 Å². The fraction of sp³-hybridized carbons (Fsp3) is 0.174. The highest BCUT2D eigenvalue weighted by atomic mass is 16.5. The highest BCUT2D eigenvalue weighted by Gasteiger charge is 2.41. The van der Waals surface area contributed by atoms with Crippen molar-refractivity contribution in [2.24, 2.45) is 5.10 Å². The fourth-order valence-corrected chi connectivity index (χ4v) is 3.91. The lowest BCUT2D eigenvalue weighted by Gasteiger charge is -2.38. The van der Waals surface area contributed by atoms with Crippen molar-refractivity contribution in [3.63, 3.8) is 0 Å². The maximum atomic E-state index is 6.42. The van der Waals surface area contributed by atoms with Crippen LogP contribution in [0.15, 0.2) is 84.0 Å². The van der Waals surface area contributed by atoms with Gasteiger partial charge in [0.2, 0.25) is 6.23 Å². The molecule has 3 aromatic carbocycles. The predicted octanol–water partition coefficient (Wildman–Crippen LogP) is 5.24. The SMILES string of the molecule is Cc1ccccc1[C@H]1Oc2ccccc2[C@H]2CC(c3ccccc3)=NN21. The smallest absolute Gasteiger partial charge is 0.214 e. The number of aryl methyl sites for hydroxylation is 1. The molecule has 26 heavy (non-hydrogen) atoms. The molecule has 128 valence electrons. The summed E-state index contributed by atoms with van der Waals surface area (Å²) in [6.45, 7) is 2.13. The van der Waals surface area contributed by atoms with Gasteiger partial charge in [-0.05, 0) is 24.1 Å². The molecule has 0 unspecified atom stereocenters. The van der Waals surface area contributed by atoms with Gasteiger partial charge in [-0.1, -0.05) is 72.8 Å². The summed E-state index contributed by atoms with van der Waals surface area (Å²) < 4.78 is 6.42. The minimum Gasteiger partial charge on any atom is -0.464 e.